The van der Waals surface area contributed by atoms with Gasteiger partial charge < -0.3 is 10.4 Å². The average Bonchev–Trinajstić information content (AvgIpc) is 2.54. The van der Waals surface area contributed by atoms with E-state index in [0.717, 1.165) is 17.3 Å². The summed E-state index contributed by atoms with van der Waals surface area (Å²) >= 11 is 3.41. The number of nitrogens with one attached hydrogen (secondary N) is 1. The van der Waals surface area contributed by atoms with Gasteiger partial charge in [-0.2, -0.15) is 0 Å². The maximum atomic E-state index is 12.1. The van der Waals surface area contributed by atoms with Crippen molar-refractivity contribution < 1.29 is 14.7 Å². The zero-order valence-electron chi connectivity index (χ0n) is 13.5. The highest BCUT2D eigenvalue weighted by Crippen LogP contribution is 2.13. The van der Waals surface area contributed by atoms with Crippen LogP contribution in [-0.4, -0.2) is 23.0 Å². The van der Waals surface area contributed by atoms with Gasteiger partial charge in [0, 0.05) is 10.5 Å². The molecule has 0 saturated heterocycles. The molecule has 2 aromatic carbocycles. The number of carbonyl (C=O) groups excluding carboxylic acids is 1. The first-order valence-corrected chi connectivity index (χ1v) is 8.60. The molecule has 4 nitrogen and oxygen atoms in total. The topological polar surface area (TPSA) is 66.4 Å². The molecule has 0 fully saturated rings. The van der Waals surface area contributed by atoms with Crippen LogP contribution >= 0.6 is 15.9 Å². The Bertz CT molecular complexity index is 713. The predicted octanol–water partition coefficient (Wildman–Crippen LogP) is 3.83. The molecule has 2 rings (SSSR count). The molecule has 2 N–H and O–H groups in total. The van der Waals surface area contributed by atoms with Gasteiger partial charge in [-0.15, -0.1) is 0 Å². The summed E-state index contributed by atoms with van der Waals surface area (Å²) < 4.78 is 1.05. The molecule has 1 atom stereocenters. The molecule has 126 valence electrons. The van der Waals surface area contributed by atoms with Gasteiger partial charge in [0.05, 0.1) is 12.0 Å². The lowest BCUT2D eigenvalue weighted by Gasteiger charge is -2.14. The van der Waals surface area contributed by atoms with Gasteiger partial charge in [-0.3, -0.25) is 4.79 Å². The van der Waals surface area contributed by atoms with Crippen molar-refractivity contribution in [3.8, 4) is 0 Å². The van der Waals surface area contributed by atoms with E-state index in [1.54, 1.807) is 18.2 Å². The summed E-state index contributed by atoms with van der Waals surface area (Å²) in [7, 11) is 0. The Balaban J connectivity index is 1.85. The number of aryl methyl sites for hydroxylation is 1. The van der Waals surface area contributed by atoms with Crippen molar-refractivity contribution in [1.29, 1.82) is 0 Å². The van der Waals surface area contributed by atoms with Gasteiger partial charge in [-0.25, -0.2) is 4.79 Å². The number of amides is 1. The van der Waals surface area contributed by atoms with Crippen molar-refractivity contribution in [3.05, 3.63) is 69.7 Å². The van der Waals surface area contributed by atoms with Gasteiger partial charge in [-0.1, -0.05) is 46.3 Å². The monoisotopic (exact) mass is 389 g/mol. The number of halogens is 1. The summed E-state index contributed by atoms with van der Waals surface area (Å²) in [6.45, 7) is 1.96. The average molecular weight is 390 g/mol. The zero-order valence-corrected chi connectivity index (χ0v) is 15.0. The summed E-state index contributed by atoms with van der Waals surface area (Å²) in [4.78, 5) is 23.3. The molecule has 0 aliphatic heterocycles. The fourth-order valence-electron chi connectivity index (χ4n) is 2.49. The molecule has 0 spiro atoms. The van der Waals surface area contributed by atoms with Crippen molar-refractivity contribution in [3.63, 3.8) is 0 Å². The van der Waals surface area contributed by atoms with Gasteiger partial charge in [0.25, 0.3) is 0 Å². The van der Waals surface area contributed by atoms with E-state index in [2.05, 4.69) is 33.4 Å². The molecule has 0 heterocycles. The van der Waals surface area contributed by atoms with Gasteiger partial charge in [0.2, 0.25) is 5.91 Å². The fraction of sp³-hybridized carbons (Fsp3) is 0.263. The molecular formula is C19H20BrNO3. The maximum Gasteiger partial charge on any atom is 0.335 e. The Morgan fingerprint density at radius 2 is 1.79 bits per heavy atom. The molecule has 0 saturated carbocycles. The molecule has 0 radical (unpaired) electrons. The molecule has 2 aromatic rings. The van der Waals surface area contributed by atoms with Gasteiger partial charge in [-0.05, 0) is 49.1 Å². The third kappa shape index (κ3) is 5.49. The Hall–Kier alpha value is -2.14. The first-order chi connectivity index (χ1) is 11.5. The standard InChI is InChI=1S/C19H20BrNO3/c1-13(6-7-14-8-10-16(20)11-9-14)21-18(22)12-15-4-2-3-5-17(15)19(23)24/h2-5,8-11,13H,6-7,12H2,1H3,(H,21,22)(H,23,24). The van der Waals surface area contributed by atoms with E-state index < -0.39 is 5.97 Å². The predicted molar refractivity (Wildman–Crippen MR) is 97.2 cm³/mol. The molecule has 0 bridgehead atoms. The van der Waals surface area contributed by atoms with Crippen molar-refractivity contribution in [2.45, 2.75) is 32.2 Å². The highest BCUT2D eigenvalue weighted by molar-refractivity contribution is 9.10. The Kier molecular flexibility index (Phi) is 6.55. The number of aromatic carboxylic acids is 1. The second-order valence-corrected chi connectivity index (χ2v) is 6.69. The van der Waals surface area contributed by atoms with Gasteiger partial charge >= 0.3 is 5.97 Å². The highest BCUT2D eigenvalue weighted by atomic mass is 79.9. The van der Waals surface area contributed by atoms with E-state index in [1.165, 1.54) is 11.6 Å². The van der Waals surface area contributed by atoms with Crippen LogP contribution in [0.15, 0.2) is 53.0 Å². The molecule has 24 heavy (non-hydrogen) atoms. The Morgan fingerprint density at radius 1 is 1.12 bits per heavy atom. The fourth-order valence-corrected chi connectivity index (χ4v) is 2.75. The van der Waals surface area contributed by atoms with Crippen LogP contribution in [0.4, 0.5) is 0 Å². The number of rotatable bonds is 7. The van der Waals surface area contributed by atoms with E-state index >= 15 is 0 Å². The minimum Gasteiger partial charge on any atom is -0.478 e. The van der Waals surface area contributed by atoms with E-state index in [-0.39, 0.29) is 23.9 Å². The first kappa shape index (κ1) is 18.2. The van der Waals surface area contributed by atoms with Crippen molar-refractivity contribution in [1.82, 2.24) is 5.32 Å². The van der Waals surface area contributed by atoms with Crippen molar-refractivity contribution >= 4 is 27.8 Å². The van der Waals surface area contributed by atoms with Crippen LogP contribution < -0.4 is 5.32 Å². The number of benzene rings is 2. The molecule has 5 heteroatoms. The number of hydrogen-bond donors (Lipinski definition) is 2. The minimum absolute atomic E-state index is 0.0261. The summed E-state index contributed by atoms with van der Waals surface area (Å²) in [6, 6.07) is 14.7. The summed E-state index contributed by atoms with van der Waals surface area (Å²) in [5, 5.41) is 12.1. The molecule has 1 amide bonds. The smallest absolute Gasteiger partial charge is 0.335 e. The quantitative estimate of drug-likeness (QED) is 0.755. The Labute approximate surface area is 150 Å². The third-order valence-corrected chi connectivity index (χ3v) is 4.31. The van der Waals surface area contributed by atoms with Crippen LogP contribution in [0.5, 0.6) is 0 Å². The van der Waals surface area contributed by atoms with Crippen LogP contribution in [-0.2, 0) is 17.6 Å². The highest BCUT2D eigenvalue weighted by Gasteiger charge is 2.14. The minimum atomic E-state index is -1.01. The van der Waals surface area contributed by atoms with E-state index in [9.17, 15) is 9.59 Å². The molecular weight excluding hydrogens is 370 g/mol. The van der Waals surface area contributed by atoms with E-state index in [4.69, 9.17) is 5.11 Å². The second kappa shape index (κ2) is 8.64. The van der Waals surface area contributed by atoms with Gasteiger partial charge in [0.15, 0.2) is 0 Å². The van der Waals surface area contributed by atoms with Gasteiger partial charge in [0.1, 0.15) is 0 Å². The van der Waals surface area contributed by atoms with Crippen molar-refractivity contribution in [2.24, 2.45) is 0 Å². The third-order valence-electron chi connectivity index (χ3n) is 3.79. The number of carboxylic acids is 1. The zero-order chi connectivity index (χ0) is 17.5. The maximum absolute atomic E-state index is 12.1. The second-order valence-electron chi connectivity index (χ2n) is 5.77. The number of carbonyl (C=O) groups is 2. The lowest BCUT2D eigenvalue weighted by atomic mass is 10.0. The Morgan fingerprint density at radius 3 is 2.46 bits per heavy atom. The lowest BCUT2D eigenvalue weighted by molar-refractivity contribution is -0.121. The van der Waals surface area contributed by atoms with Crippen LogP contribution in [0.3, 0.4) is 0 Å². The van der Waals surface area contributed by atoms with Crippen LogP contribution in [0.25, 0.3) is 0 Å². The number of hydrogen-bond acceptors (Lipinski definition) is 2. The number of carboxylic acid groups (broad SMARTS) is 1. The van der Waals surface area contributed by atoms with Crippen LogP contribution in [0.1, 0.15) is 34.8 Å². The SMILES string of the molecule is CC(CCc1ccc(Br)cc1)NC(=O)Cc1ccccc1C(=O)O. The van der Waals surface area contributed by atoms with Crippen LogP contribution in [0.2, 0.25) is 0 Å². The summed E-state index contributed by atoms with van der Waals surface area (Å²) in [5.41, 5.74) is 1.92. The molecule has 0 aromatic heterocycles. The lowest BCUT2D eigenvalue weighted by Crippen LogP contribution is -2.34. The summed E-state index contributed by atoms with van der Waals surface area (Å²) in [5.74, 6) is -1.17. The molecule has 0 aliphatic carbocycles. The summed E-state index contributed by atoms with van der Waals surface area (Å²) in [6.07, 6.45) is 1.78. The first-order valence-electron chi connectivity index (χ1n) is 7.80. The molecule has 0 aliphatic rings. The normalized spacial score (nSPS) is 11.8. The van der Waals surface area contributed by atoms with E-state index in [1.807, 2.05) is 19.1 Å². The largest absolute Gasteiger partial charge is 0.478 e. The van der Waals surface area contributed by atoms with Crippen molar-refractivity contribution in [2.75, 3.05) is 0 Å². The molecule has 1 unspecified atom stereocenters. The van der Waals surface area contributed by atoms with Crippen LogP contribution in [0, 0.1) is 0 Å². The van der Waals surface area contributed by atoms with E-state index in [0.29, 0.717) is 5.56 Å².